The van der Waals surface area contributed by atoms with Crippen molar-refractivity contribution in [1.29, 1.82) is 0 Å². The van der Waals surface area contributed by atoms with E-state index in [-0.39, 0.29) is 6.04 Å². The molecule has 2 aromatic carbocycles. The molecule has 124 valence electrons. The zero-order valence-corrected chi connectivity index (χ0v) is 15.2. The van der Waals surface area contributed by atoms with Gasteiger partial charge in [0.15, 0.2) is 0 Å². The molecular weight excluding hydrogens is 388 g/mol. The van der Waals surface area contributed by atoms with Crippen LogP contribution in [0.5, 0.6) is 0 Å². The van der Waals surface area contributed by atoms with E-state index >= 15 is 0 Å². The van der Waals surface area contributed by atoms with Crippen molar-refractivity contribution in [3.63, 3.8) is 0 Å². The van der Waals surface area contributed by atoms with Crippen LogP contribution in [0.15, 0.2) is 59.1 Å². The molecule has 0 radical (unpaired) electrons. The van der Waals surface area contributed by atoms with E-state index in [2.05, 4.69) is 68.5 Å². The van der Waals surface area contributed by atoms with Crippen molar-refractivity contribution in [2.45, 2.75) is 18.4 Å². The maximum absolute atomic E-state index is 11.2. The lowest BCUT2D eigenvalue weighted by Crippen LogP contribution is -2.29. The van der Waals surface area contributed by atoms with Crippen molar-refractivity contribution in [3.8, 4) is 0 Å². The number of hydrogen-bond acceptors (Lipinski definition) is 2. The third-order valence-corrected chi connectivity index (χ3v) is 5.75. The summed E-state index contributed by atoms with van der Waals surface area (Å²) in [4.78, 5) is 0. The first kappa shape index (κ1) is 15.9. The van der Waals surface area contributed by atoms with Gasteiger partial charge in [0, 0.05) is 10.4 Å². The number of nitrogens with one attached hydrogen (secondary N) is 2. The molecule has 1 aliphatic carbocycles. The highest BCUT2D eigenvalue weighted by Gasteiger charge is 2.38. The van der Waals surface area contributed by atoms with Crippen LogP contribution in [-0.2, 0) is 11.3 Å². The van der Waals surface area contributed by atoms with Gasteiger partial charge in [-0.2, -0.15) is 0 Å². The monoisotopic (exact) mass is 404 g/mol. The highest BCUT2D eigenvalue weighted by atomic mass is 79.9. The van der Waals surface area contributed by atoms with Gasteiger partial charge in [-0.05, 0) is 41.7 Å². The summed E-state index contributed by atoms with van der Waals surface area (Å²) in [7, 11) is 0. The Morgan fingerprint density at radius 3 is 2.75 bits per heavy atom. The van der Waals surface area contributed by atoms with Gasteiger partial charge in [-0.15, -0.1) is 0 Å². The van der Waals surface area contributed by atoms with E-state index in [4.69, 9.17) is 0 Å². The average Bonchev–Trinajstić information content (AvgIpc) is 3.05. The normalized spacial score (nSPS) is 25.5. The Hall–Kier alpha value is -1.63. The SMILES string of the molecule is O=S(O)Nc1cccc2c1N[C@H](c1ccc(Br)cc1)[C@@H]1CC=C[C@H]21. The molecule has 1 unspecified atom stereocenters. The second-order valence-corrected chi connectivity index (χ2v) is 7.77. The number of anilines is 2. The van der Waals surface area contributed by atoms with E-state index in [0.29, 0.717) is 17.5 Å². The van der Waals surface area contributed by atoms with Crippen molar-refractivity contribution in [2.24, 2.45) is 5.92 Å². The number of fused-ring (bicyclic) bond motifs is 3. The minimum atomic E-state index is -2.09. The van der Waals surface area contributed by atoms with Crippen molar-refractivity contribution in [1.82, 2.24) is 0 Å². The molecule has 0 bridgehead atoms. The highest BCUT2D eigenvalue weighted by molar-refractivity contribution is 9.10. The molecular formula is C18H17BrN2O2S. The maximum Gasteiger partial charge on any atom is 0.259 e. The lowest BCUT2D eigenvalue weighted by atomic mass is 9.77. The smallest absolute Gasteiger partial charge is 0.259 e. The first-order valence-corrected chi connectivity index (χ1v) is 9.72. The number of allylic oxidation sites excluding steroid dienone is 2. The molecule has 0 saturated heterocycles. The number of rotatable bonds is 3. The first-order chi connectivity index (χ1) is 11.6. The summed E-state index contributed by atoms with van der Waals surface area (Å²) in [5.74, 6) is 0.775. The molecule has 1 heterocycles. The molecule has 2 aliphatic rings. The quantitative estimate of drug-likeness (QED) is 0.507. The van der Waals surface area contributed by atoms with E-state index in [1.54, 1.807) is 0 Å². The summed E-state index contributed by atoms with van der Waals surface area (Å²) in [6.45, 7) is 0. The fourth-order valence-electron chi connectivity index (χ4n) is 3.80. The molecule has 2 aromatic rings. The Balaban J connectivity index is 1.79. The summed E-state index contributed by atoms with van der Waals surface area (Å²) < 4.78 is 24.1. The predicted octanol–water partition coefficient (Wildman–Crippen LogP) is 4.82. The Labute approximate surface area is 151 Å². The van der Waals surface area contributed by atoms with Gasteiger partial charge in [-0.3, -0.25) is 9.27 Å². The second kappa shape index (κ2) is 6.35. The molecule has 0 saturated carbocycles. The van der Waals surface area contributed by atoms with E-state index in [1.165, 1.54) is 11.1 Å². The van der Waals surface area contributed by atoms with Crippen LogP contribution in [0.4, 0.5) is 11.4 Å². The van der Waals surface area contributed by atoms with Gasteiger partial charge in [0.1, 0.15) is 0 Å². The first-order valence-electron chi connectivity index (χ1n) is 7.82. The molecule has 24 heavy (non-hydrogen) atoms. The molecule has 1 aliphatic heterocycles. The zero-order chi connectivity index (χ0) is 16.7. The van der Waals surface area contributed by atoms with Gasteiger partial charge in [0.2, 0.25) is 0 Å². The van der Waals surface area contributed by atoms with Gasteiger partial charge >= 0.3 is 0 Å². The largest absolute Gasteiger partial charge is 0.376 e. The van der Waals surface area contributed by atoms with Crippen LogP contribution in [0.1, 0.15) is 29.5 Å². The molecule has 0 aromatic heterocycles. The van der Waals surface area contributed by atoms with E-state index in [0.717, 1.165) is 16.6 Å². The summed E-state index contributed by atoms with van der Waals surface area (Å²) >= 11 is 1.39. The molecule has 0 fully saturated rings. The Kier molecular flexibility index (Phi) is 4.20. The molecule has 3 N–H and O–H groups in total. The summed E-state index contributed by atoms with van der Waals surface area (Å²) in [5.41, 5.74) is 3.98. The van der Waals surface area contributed by atoms with E-state index in [9.17, 15) is 8.76 Å². The van der Waals surface area contributed by atoms with Crippen LogP contribution in [-0.4, -0.2) is 8.76 Å². The van der Waals surface area contributed by atoms with Crippen LogP contribution in [0.2, 0.25) is 0 Å². The molecule has 0 amide bonds. The van der Waals surface area contributed by atoms with Crippen molar-refractivity contribution in [3.05, 3.63) is 70.2 Å². The van der Waals surface area contributed by atoms with Gasteiger partial charge in [0.25, 0.3) is 11.3 Å². The van der Waals surface area contributed by atoms with Gasteiger partial charge in [-0.25, -0.2) is 4.21 Å². The zero-order valence-electron chi connectivity index (χ0n) is 12.8. The van der Waals surface area contributed by atoms with Crippen molar-refractivity contribution >= 4 is 38.6 Å². The average molecular weight is 405 g/mol. The third-order valence-electron chi connectivity index (χ3n) is 4.82. The summed E-state index contributed by atoms with van der Waals surface area (Å²) in [5, 5.41) is 3.61. The molecule has 6 heteroatoms. The van der Waals surface area contributed by atoms with E-state index < -0.39 is 11.3 Å². The fourth-order valence-corrected chi connectivity index (χ4v) is 4.42. The van der Waals surface area contributed by atoms with Crippen molar-refractivity contribution in [2.75, 3.05) is 10.0 Å². The van der Waals surface area contributed by atoms with Gasteiger partial charge in [0.05, 0.1) is 17.4 Å². The van der Waals surface area contributed by atoms with Crippen LogP contribution in [0.3, 0.4) is 0 Å². The van der Waals surface area contributed by atoms with Crippen LogP contribution in [0, 0.1) is 5.92 Å². The molecule has 4 atom stereocenters. The lowest BCUT2D eigenvalue weighted by Gasteiger charge is -2.38. The summed E-state index contributed by atoms with van der Waals surface area (Å²) in [6, 6.07) is 14.4. The maximum atomic E-state index is 11.2. The molecule has 0 spiro atoms. The van der Waals surface area contributed by atoms with Crippen LogP contribution in [0.25, 0.3) is 0 Å². The fraction of sp³-hybridized carbons (Fsp3) is 0.222. The minimum absolute atomic E-state index is 0.167. The highest BCUT2D eigenvalue weighted by Crippen LogP contribution is 2.51. The third kappa shape index (κ3) is 2.79. The van der Waals surface area contributed by atoms with Gasteiger partial charge in [-0.1, -0.05) is 52.3 Å². The van der Waals surface area contributed by atoms with Crippen LogP contribution >= 0.6 is 15.9 Å². The van der Waals surface area contributed by atoms with Crippen molar-refractivity contribution < 1.29 is 8.76 Å². The molecule has 4 rings (SSSR count). The predicted molar refractivity (Wildman–Crippen MR) is 101 cm³/mol. The Bertz CT molecular complexity index is 822. The number of benzene rings is 2. The minimum Gasteiger partial charge on any atom is -0.376 e. The number of halogens is 1. The number of para-hydroxylation sites is 1. The van der Waals surface area contributed by atoms with Gasteiger partial charge < -0.3 is 5.32 Å². The standard InChI is InChI=1S/C18H17BrN2O2S/c19-12-9-7-11(8-10-12)17-14-4-1-3-13(14)15-5-2-6-16(18(15)20-17)21-24(22)23/h1-3,5-10,13-14,17,20-21H,4H2,(H,22,23)/t13-,14+,17+/m0/s1. The Morgan fingerprint density at radius 2 is 2.00 bits per heavy atom. The summed E-state index contributed by atoms with van der Waals surface area (Å²) in [6.07, 6.45) is 5.53. The topological polar surface area (TPSA) is 61.4 Å². The second-order valence-electron chi connectivity index (χ2n) is 6.15. The Morgan fingerprint density at radius 1 is 1.21 bits per heavy atom. The number of hydrogen-bond donors (Lipinski definition) is 3. The lowest BCUT2D eigenvalue weighted by molar-refractivity contribution is 0.426. The molecule has 4 nitrogen and oxygen atoms in total. The van der Waals surface area contributed by atoms with Crippen LogP contribution < -0.4 is 10.0 Å². The van der Waals surface area contributed by atoms with E-state index in [1.807, 2.05) is 12.1 Å².